The smallest absolute Gasteiger partial charge is 0.328 e. The summed E-state index contributed by atoms with van der Waals surface area (Å²) in [5, 5.41) is 0. The Morgan fingerprint density at radius 3 is 2.44 bits per heavy atom. The summed E-state index contributed by atoms with van der Waals surface area (Å²) in [5.41, 5.74) is 1.18. The number of fused-ring (bicyclic) bond motifs is 1. The summed E-state index contributed by atoms with van der Waals surface area (Å²) in [6, 6.07) is 21.7. The molecular formula is C32H36O4. The number of hydrogen-bond donors (Lipinski definition) is 0. The Bertz CT molecular complexity index is 1250. The minimum atomic E-state index is -1.45. The molecule has 36 heavy (non-hydrogen) atoms. The molecule has 4 heteroatoms. The lowest BCUT2D eigenvalue weighted by atomic mass is 9.64. The van der Waals surface area contributed by atoms with Crippen LogP contribution in [0.4, 0.5) is 0 Å². The van der Waals surface area contributed by atoms with Gasteiger partial charge in [0.1, 0.15) is 17.6 Å². The number of aryl methyl sites for hydroxylation is 2. The molecule has 2 aliphatic rings. The van der Waals surface area contributed by atoms with Crippen LogP contribution in [-0.2, 0) is 26.8 Å². The van der Waals surface area contributed by atoms with Crippen LogP contribution in [0.5, 0.6) is 0 Å². The van der Waals surface area contributed by atoms with Crippen molar-refractivity contribution in [2.24, 2.45) is 11.8 Å². The predicted molar refractivity (Wildman–Crippen MR) is 140 cm³/mol. The van der Waals surface area contributed by atoms with Crippen molar-refractivity contribution in [2.45, 2.75) is 76.7 Å². The molecule has 0 aliphatic heterocycles. The van der Waals surface area contributed by atoms with Crippen LogP contribution < -0.4 is 0 Å². The monoisotopic (exact) mass is 484 g/mol. The second-order valence-corrected chi connectivity index (χ2v) is 11.4. The molecule has 4 nitrogen and oxygen atoms in total. The van der Waals surface area contributed by atoms with Crippen LogP contribution in [0.15, 0.2) is 71.1 Å². The number of benzene rings is 2. The van der Waals surface area contributed by atoms with E-state index in [1.54, 1.807) is 6.07 Å². The zero-order valence-corrected chi connectivity index (χ0v) is 21.8. The number of Topliss-reactive ketones (excluding diaryl/α,β-unsaturated/α-hetero) is 1. The molecule has 0 saturated heterocycles. The molecule has 0 bridgehead atoms. The van der Waals surface area contributed by atoms with Gasteiger partial charge in [0.2, 0.25) is 0 Å². The molecule has 3 aromatic rings. The van der Waals surface area contributed by atoms with Gasteiger partial charge in [0, 0.05) is 11.5 Å². The van der Waals surface area contributed by atoms with Gasteiger partial charge in [0.15, 0.2) is 11.2 Å². The number of ketones is 1. The van der Waals surface area contributed by atoms with E-state index in [9.17, 15) is 9.59 Å². The summed E-state index contributed by atoms with van der Waals surface area (Å²) >= 11 is 0. The summed E-state index contributed by atoms with van der Waals surface area (Å²) in [6.45, 7) is 8.56. The first-order valence-electron chi connectivity index (χ1n) is 13.2. The zero-order valence-electron chi connectivity index (χ0n) is 21.8. The highest BCUT2D eigenvalue weighted by Gasteiger charge is 2.55. The molecule has 2 aromatic carbocycles. The van der Waals surface area contributed by atoms with E-state index in [4.69, 9.17) is 9.15 Å². The number of carbonyl (C=O) groups is 2. The lowest BCUT2D eigenvalue weighted by Crippen LogP contribution is -2.51. The van der Waals surface area contributed by atoms with Crippen molar-refractivity contribution in [1.29, 1.82) is 0 Å². The van der Waals surface area contributed by atoms with E-state index in [-0.39, 0.29) is 23.2 Å². The van der Waals surface area contributed by atoms with Crippen molar-refractivity contribution in [3.8, 4) is 0 Å². The Balaban J connectivity index is 1.52. The van der Waals surface area contributed by atoms with Gasteiger partial charge in [-0.3, -0.25) is 9.59 Å². The van der Waals surface area contributed by atoms with E-state index in [1.165, 1.54) is 5.56 Å². The number of furan rings is 1. The van der Waals surface area contributed by atoms with E-state index in [2.05, 4.69) is 45.0 Å². The van der Waals surface area contributed by atoms with Gasteiger partial charge in [0.05, 0.1) is 0 Å². The average Bonchev–Trinajstić information content (AvgIpc) is 3.31. The van der Waals surface area contributed by atoms with Crippen molar-refractivity contribution in [3.05, 3.63) is 94.9 Å². The van der Waals surface area contributed by atoms with E-state index in [0.717, 1.165) is 24.8 Å². The van der Waals surface area contributed by atoms with Crippen LogP contribution >= 0.6 is 0 Å². The van der Waals surface area contributed by atoms with Crippen LogP contribution in [0.3, 0.4) is 0 Å². The van der Waals surface area contributed by atoms with Crippen LogP contribution in [-0.4, -0.2) is 17.9 Å². The minimum absolute atomic E-state index is 0.154. The average molecular weight is 485 g/mol. The number of rotatable bonds is 5. The first-order chi connectivity index (χ1) is 17.2. The summed E-state index contributed by atoms with van der Waals surface area (Å²) in [6.07, 6.45) is 3.58. The molecule has 1 heterocycles. The van der Waals surface area contributed by atoms with Crippen LogP contribution in [0.2, 0.25) is 0 Å². The lowest BCUT2D eigenvalue weighted by Gasteiger charge is -2.45. The van der Waals surface area contributed by atoms with Gasteiger partial charge in [-0.25, -0.2) is 0 Å². The Morgan fingerprint density at radius 1 is 1.00 bits per heavy atom. The minimum Gasteiger partial charge on any atom is -0.465 e. The fourth-order valence-corrected chi connectivity index (χ4v) is 6.42. The molecule has 4 unspecified atom stereocenters. The van der Waals surface area contributed by atoms with E-state index < -0.39 is 11.4 Å². The number of carbonyl (C=O) groups excluding carboxylic acids is 2. The normalized spacial score (nSPS) is 26.3. The topological polar surface area (TPSA) is 56.5 Å². The Hall–Kier alpha value is -3.14. The van der Waals surface area contributed by atoms with Gasteiger partial charge < -0.3 is 9.15 Å². The van der Waals surface area contributed by atoms with Crippen molar-refractivity contribution in [2.75, 3.05) is 0 Å². The fourth-order valence-electron chi connectivity index (χ4n) is 6.42. The molecule has 1 fully saturated rings. The summed E-state index contributed by atoms with van der Waals surface area (Å²) < 4.78 is 12.4. The molecule has 4 atom stereocenters. The molecule has 2 aliphatic carbocycles. The fraction of sp³-hybridized carbons (Fsp3) is 0.438. The molecule has 0 spiro atoms. The van der Waals surface area contributed by atoms with Crippen molar-refractivity contribution in [3.63, 3.8) is 0 Å². The van der Waals surface area contributed by atoms with Crippen LogP contribution in [0, 0.1) is 18.8 Å². The SMILES string of the molecule is Cc1ccc(C2(C(=O)OC3CC(C)CCC3C(C)(C)c3ccccc3)CCc3ccccc3C2=O)o1. The largest absolute Gasteiger partial charge is 0.465 e. The maximum atomic E-state index is 14.2. The molecule has 0 N–H and O–H groups in total. The van der Waals surface area contributed by atoms with Gasteiger partial charge in [-0.05, 0) is 67.2 Å². The van der Waals surface area contributed by atoms with E-state index in [0.29, 0.717) is 35.8 Å². The number of ether oxygens (including phenoxy) is 1. The summed E-state index contributed by atoms with van der Waals surface area (Å²) in [7, 11) is 0. The predicted octanol–water partition coefficient (Wildman–Crippen LogP) is 6.98. The summed E-state index contributed by atoms with van der Waals surface area (Å²) in [5.74, 6) is 0.998. The molecule has 0 radical (unpaired) electrons. The second-order valence-electron chi connectivity index (χ2n) is 11.4. The maximum absolute atomic E-state index is 14.2. The molecule has 1 aromatic heterocycles. The highest BCUT2D eigenvalue weighted by Crippen LogP contribution is 2.46. The Kier molecular flexibility index (Phi) is 6.40. The van der Waals surface area contributed by atoms with Gasteiger partial charge in [-0.2, -0.15) is 0 Å². The first kappa shape index (κ1) is 24.5. The third kappa shape index (κ3) is 4.11. The maximum Gasteiger partial charge on any atom is 0.328 e. The molecule has 5 rings (SSSR count). The Labute approximate surface area is 214 Å². The van der Waals surface area contributed by atoms with Crippen molar-refractivity contribution in [1.82, 2.24) is 0 Å². The van der Waals surface area contributed by atoms with Gasteiger partial charge in [-0.1, -0.05) is 81.8 Å². The van der Waals surface area contributed by atoms with E-state index in [1.807, 2.05) is 43.3 Å². The first-order valence-corrected chi connectivity index (χ1v) is 13.2. The summed E-state index contributed by atoms with van der Waals surface area (Å²) in [4.78, 5) is 28.3. The molecule has 1 saturated carbocycles. The number of hydrogen-bond acceptors (Lipinski definition) is 4. The van der Waals surface area contributed by atoms with Crippen molar-refractivity contribution < 1.29 is 18.7 Å². The standard InChI is InChI=1S/C32H36O4/c1-21-14-16-26(31(3,4)24-11-6-5-7-12-24)27(20-21)36-30(34)32(28-17-15-22(2)35-28)19-18-23-10-8-9-13-25(23)29(32)33/h5-13,15,17,21,26-27H,14,16,18-20H2,1-4H3. The van der Waals surface area contributed by atoms with Gasteiger partial charge in [-0.15, -0.1) is 0 Å². The third-order valence-corrected chi connectivity index (χ3v) is 8.69. The number of esters is 1. The second kappa shape index (κ2) is 9.38. The Morgan fingerprint density at radius 2 is 1.72 bits per heavy atom. The zero-order chi connectivity index (χ0) is 25.5. The van der Waals surface area contributed by atoms with Crippen LogP contribution in [0.25, 0.3) is 0 Å². The highest BCUT2D eigenvalue weighted by molar-refractivity contribution is 6.18. The van der Waals surface area contributed by atoms with Gasteiger partial charge >= 0.3 is 5.97 Å². The highest BCUT2D eigenvalue weighted by atomic mass is 16.5. The molecule has 0 amide bonds. The lowest BCUT2D eigenvalue weighted by molar-refractivity contribution is -0.162. The quantitative estimate of drug-likeness (QED) is 0.290. The van der Waals surface area contributed by atoms with Crippen molar-refractivity contribution >= 4 is 11.8 Å². The third-order valence-electron chi connectivity index (χ3n) is 8.69. The van der Waals surface area contributed by atoms with Crippen LogP contribution in [0.1, 0.15) is 79.5 Å². The van der Waals surface area contributed by atoms with Gasteiger partial charge in [0.25, 0.3) is 0 Å². The molecule has 188 valence electrons. The van der Waals surface area contributed by atoms with E-state index >= 15 is 0 Å². The molecular weight excluding hydrogens is 448 g/mol.